The maximum Gasteiger partial charge on any atom is 0.337 e. The molecular weight excluding hydrogens is 228 g/mol. The number of imidazole rings is 1. The van der Waals surface area contributed by atoms with Crippen LogP contribution in [0.1, 0.15) is 47.8 Å². The predicted octanol–water partition coefficient (Wildman–Crippen LogP) is 3.01. The van der Waals surface area contributed by atoms with Crippen LogP contribution in [0.25, 0.3) is 11.0 Å². The number of rotatable bonds is 2. The first-order chi connectivity index (χ1) is 8.78. The summed E-state index contributed by atoms with van der Waals surface area (Å²) in [6, 6.07) is 5.44. The van der Waals surface area contributed by atoms with Crippen LogP contribution >= 0.6 is 0 Å². The Balaban J connectivity index is 1.98. The molecule has 3 rings (SSSR count). The predicted molar refractivity (Wildman–Crippen MR) is 68.6 cm³/mol. The highest BCUT2D eigenvalue weighted by Gasteiger charge is 2.20. The SMILES string of the molecule is COC(=O)c1ccc2nc(C3CCCC3)[nH]c2c1. The lowest BCUT2D eigenvalue weighted by Gasteiger charge is -2.02. The van der Waals surface area contributed by atoms with Crippen LogP contribution in [0.2, 0.25) is 0 Å². The number of hydrogen-bond donors (Lipinski definition) is 1. The molecular formula is C14H16N2O2. The third-order valence-electron chi connectivity index (χ3n) is 3.66. The summed E-state index contributed by atoms with van der Waals surface area (Å²) >= 11 is 0. The molecule has 1 aromatic carbocycles. The summed E-state index contributed by atoms with van der Waals surface area (Å²) in [6.45, 7) is 0. The summed E-state index contributed by atoms with van der Waals surface area (Å²) in [7, 11) is 1.39. The van der Waals surface area contributed by atoms with Crippen molar-refractivity contribution in [1.29, 1.82) is 0 Å². The summed E-state index contributed by atoms with van der Waals surface area (Å²) in [5.41, 5.74) is 2.40. The van der Waals surface area contributed by atoms with E-state index < -0.39 is 0 Å². The molecule has 0 saturated heterocycles. The second-order valence-electron chi connectivity index (χ2n) is 4.83. The maximum absolute atomic E-state index is 11.5. The number of carbonyl (C=O) groups excluding carboxylic acids is 1. The van der Waals surface area contributed by atoms with E-state index in [1.165, 1.54) is 32.8 Å². The molecule has 4 nitrogen and oxygen atoms in total. The topological polar surface area (TPSA) is 55.0 Å². The number of hydrogen-bond acceptors (Lipinski definition) is 3. The number of H-pyrrole nitrogens is 1. The van der Waals surface area contributed by atoms with Gasteiger partial charge in [-0.1, -0.05) is 12.8 Å². The Labute approximate surface area is 105 Å². The molecule has 0 bridgehead atoms. The number of esters is 1. The van der Waals surface area contributed by atoms with Gasteiger partial charge in [0.05, 0.1) is 23.7 Å². The molecule has 0 spiro atoms. The van der Waals surface area contributed by atoms with Gasteiger partial charge in [0.1, 0.15) is 5.82 Å². The van der Waals surface area contributed by atoms with E-state index in [0.29, 0.717) is 11.5 Å². The molecule has 1 N–H and O–H groups in total. The number of nitrogens with one attached hydrogen (secondary N) is 1. The number of nitrogens with zero attached hydrogens (tertiary/aromatic N) is 1. The number of ether oxygens (including phenoxy) is 1. The number of methoxy groups -OCH3 is 1. The van der Waals surface area contributed by atoms with Crippen LogP contribution in [0, 0.1) is 0 Å². The highest BCUT2D eigenvalue weighted by molar-refractivity contribution is 5.93. The first-order valence-corrected chi connectivity index (χ1v) is 6.36. The van der Waals surface area contributed by atoms with Crippen LogP contribution in [0.4, 0.5) is 0 Å². The number of fused-ring (bicyclic) bond motifs is 1. The molecule has 0 amide bonds. The Morgan fingerprint density at radius 2 is 2.17 bits per heavy atom. The van der Waals surface area contributed by atoms with Gasteiger partial charge < -0.3 is 9.72 Å². The molecule has 0 radical (unpaired) electrons. The van der Waals surface area contributed by atoms with Crippen molar-refractivity contribution in [1.82, 2.24) is 9.97 Å². The highest BCUT2D eigenvalue weighted by atomic mass is 16.5. The summed E-state index contributed by atoms with van der Waals surface area (Å²) in [5, 5.41) is 0. The molecule has 1 aliphatic carbocycles. The Morgan fingerprint density at radius 3 is 2.89 bits per heavy atom. The Morgan fingerprint density at radius 1 is 1.39 bits per heavy atom. The van der Waals surface area contributed by atoms with Crippen LogP contribution in [0.3, 0.4) is 0 Å². The van der Waals surface area contributed by atoms with Crippen molar-refractivity contribution in [3.63, 3.8) is 0 Å². The van der Waals surface area contributed by atoms with E-state index in [-0.39, 0.29) is 5.97 Å². The van der Waals surface area contributed by atoms with Gasteiger partial charge in [0.2, 0.25) is 0 Å². The molecule has 0 aliphatic heterocycles. The molecule has 0 unspecified atom stereocenters. The minimum atomic E-state index is -0.311. The summed E-state index contributed by atoms with van der Waals surface area (Å²) in [5.74, 6) is 1.30. The van der Waals surface area contributed by atoms with Gasteiger partial charge in [0.15, 0.2) is 0 Å². The zero-order valence-electron chi connectivity index (χ0n) is 10.4. The van der Waals surface area contributed by atoms with Gasteiger partial charge in [-0.15, -0.1) is 0 Å². The van der Waals surface area contributed by atoms with Crippen molar-refractivity contribution < 1.29 is 9.53 Å². The first kappa shape index (κ1) is 11.3. The molecule has 1 aromatic heterocycles. The first-order valence-electron chi connectivity index (χ1n) is 6.36. The largest absolute Gasteiger partial charge is 0.465 e. The van der Waals surface area contributed by atoms with E-state index in [2.05, 4.69) is 9.97 Å². The molecule has 4 heteroatoms. The average Bonchev–Trinajstić information content (AvgIpc) is 3.04. The zero-order chi connectivity index (χ0) is 12.5. The molecule has 0 atom stereocenters. The molecule has 1 saturated carbocycles. The van der Waals surface area contributed by atoms with E-state index in [9.17, 15) is 4.79 Å². The number of benzene rings is 1. The Bertz CT molecular complexity index is 582. The van der Waals surface area contributed by atoms with Crippen LogP contribution in [-0.4, -0.2) is 23.0 Å². The van der Waals surface area contributed by atoms with Crippen molar-refractivity contribution >= 4 is 17.0 Å². The van der Waals surface area contributed by atoms with Crippen molar-refractivity contribution in [3.05, 3.63) is 29.6 Å². The van der Waals surface area contributed by atoms with Crippen molar-refractivity contribution in [2.24, 2.45) is 0 Å². The van der Waals surface area contributed by atoms with E-state index >= 15 is 0 Å². The third kappa shape index (κ3) is 1.88. The standard InChI is InChI=1S/C14H16N2O2/c1-18-14(17)10-6-7-11-12(8-10)16-13(15-11)9-4-2-3-5-9/h6-9H,2-5H2,1H3,(H,15,16). The molecule has 94 valence electrons. The fourth-order valence-corrected chi connectivity index (χ4v) is 2.67. The lowest BCUT2D eigenvalue weighted by atomic mass is 10.1. The second kappa shape index (κ2) is 4.44. The number of aromatic nitrogens is 2. The Hall–Kier alpha value is -1.84. The van der Waals surface area contributed by atoms with Gasteiger partial charge >= 0.3 is 5.97 Å². The Kier molecular flexibility index (Phi) is 2.78. The van der Waals surface area contributed by atoms with Crippen LogP contribution in [0.5, 0.6) is 0 Å². The summed E-state index contributed by atoms with van der Waals surface area (Å²) in [4.78, 5) is 19.4. The maximum atomic E-state index is 11.5. The molecule has 18 heavy (non-hydrogen) atoms. The monoisotopic (exact) mass is 244 g/mol. The van der Waals surface area contributed by atoms with Gasteiger partial charge in [-0.25, -0.2) is 9.78 Å². The van der Waals surface area contributed by atoms with Crippen molar-refractivity contribution in [3.8, 4) is 0 Å². The smallest absolute Gasteiger partial charge is 0.337 e. The van der Waals surface area contributed by atoms with Crippen LogP contribution < -0.4 is 0 Å². The minimum Gasteiger partial charge on any atom is -0.465 e. The molecule has 2 aromatic rings. The lowest BCUT2D eigenvalue weighted by Crippen LogP contribution is -2.00. The fraction of sp³-hybridized carbons (Fsp3) is 0.429. The van der Waals surface area contributed by atoms with Gasteiger partial charge in [0, 0.05) is 5.92 Å². The molecule has 1 aliphatic rings. The lowest BCUT2D eigenvalue weighted by molar-refractivity contribution is 0.0601. The fourth-order valence-electron chi connectivity index (χ4n) is 2.67. The van der Waals surface area contributed by atoms with Crippen molar-refractivity contribution in [2.45, 2.75) is 31.6 Å². The number of carbonyl (C=O) groups is 1. The van der Waals surface area contributed by atoms with E-state index in [1.807, 2.05) is 12.1 Å². The highest BCUT2D eigenvalue weighted by Crippen LogP contribution is 2.33. The summed E-state index contributed by atoms with van der Waals surface area (Å²) < 4.78 is 4.72. The minimum absolute atomic E-state index is 0.311. The number of aromatic amines is 1. The normalized spacial score (nSPS) is 16.3. The van der Waals surface area contributed by atoms with Gasteiger partial charge in [0.25, 0.3) is 0 Å². The zero-order valence-corrected chi connectivity index (χ0v) is 10.4. The van der Waals surface area contributed by atoms with Gasteiger partial charge in [-0.05, 0) is 31.0 Å². The third-order valence-corrected chi connectivity index (χ3v) is 3.66. The van der Waals surface area contributed by atoms with E-state index in [4.69, 9.17) is 4.74 Å². The molecule has 1 fully saturated rings. The summed E-state index contributed by atoms with van der Waals surface area (Å²) in [6.07, 6.45) is 5.00. The molecule has 1 heterocycles. The van der Waals surface area contributed by atoms with Gasteiger partial charge in [-0.2, -0.15) is 0 Å². The van der Waals surface area contributed by atoms with Gasteiger partial charge in [-0.3, -0.25) is 0 Å². The van der Waals surface area contributed by atoms with E-state index in [0.717, 1.165) is 16.9 Å². The van der Waals surface area contributed by atoms with Crippen LogP contribution in [0.15, 0.2) is 18.2 Å². The quantitative estimate of drug-likeness (QED) is 0.826. The average molecular weight is 244 g/mol. The van der Waals surface area contributed by atoms with Crippen molar-refractivity contribution in [2.75, 3.05) is 7.11 Å². The second-order valence-corrected chi connectivity index (χ2v) is 4.83. The van der Waals surface area contributed by atoms with E-state index in [1.54, 1.807) is 6.07 Å². The van der Waals surface area contributed by atoms with Crippen LogP contribution in [-0.2, 0) is 4.74 Å².